The van der Waals surface area contributed by atoms with Gasteiger partial charge in [0.1, 0.15) is 0 Å². The Morgan fingerprint density at radius 2 is 1.94 bits per heavy atom. The summed E-state index contributed by atoms with van der Waals surface area (Å²) < 4.78 is 4.29. The number of esters is 2. The van der Waals surface area contributed by atoms with Crippen molar-refractivity contribution in [1.82, 2.24) is 0 Å². The quantitative estimate of drug-likeness (QED) is 0.433. The molecule has 0 radical (unpaired) electrons. The Morgan fingerprint density at radius 1 is 1.31 bits per heavy atom. The lowest BCUT2D eigenvalue weighted by Crippen LogP contribution is -2.16. The highest BCUT2D eigenvalue weighted by molar-refractivity contribution is 6.08. The fraction of sp³-hybridized carbons (Fsp3) is 0.100. The number of rotatable bonds is 2. The van der Waals surface area contributed by atoms with Crippen molar-refractivity contribution in [3.8, 4) is 0 Å². The number of aromatic carboxylic acids is 1. The standard InChI is InChI=1S/C10H9NO5/c1-5(12)16-10(15)8-6(9(13)14)3-2-4-7(8)11/h2-4H,11H2,1H3,(H,13,14). The molecule has 0 saturated heterocycles. The van der Waals surface area contributed by atoms with E-state index in [-0.39, 0.29) is 16.8 Å². The van der Waals surface area contributed by atoms with Gasteiger partial charge in [-0.3, -0.25) is 4.79 Å². The first kappa shape index (κ1) is 11.7. The van der Waals surface area contributed by atoms with Gasteiger partial charge in [0.2, 0.25) is 0 Å². The van der Waals surface area contributed by atoms with Gasteiger partial charge in [0.05, 0.1) is 11.1 Å². The summed E-state index contributed by atoms with van der Waals surface area (Å²) in [5, 5.41) is 8.82. The summed E-state index contributed by atoms with van der Waals surface area (Å²) in [6, 6.07) is 3.95. The maximum atomic E-state index is 11.4. The van der Waals surface area contributed by atoms with Crippen LogP contribution in [0.3, 0.4) is 0 Å². The summed E-state index contributed by atoms with van der Waals surface area (Å²) in [6.07, 6.45) is 0. The highest BCUT2D eigenvalue weighted by Crippen LogP contribution is 2.18. The van der Waals surface area contributed by atoms with Crippen molar-refractivity contribution in [2.75, 3.05) is 5.73 Å². The monoisotopic (exact) mass is 223 g/mol. The molecule has 0 aromatic heterocycles. The SMILES string of the molecule is CC(=O)OC(=O)c1c(N)cccc1C(=O)O. The second-order valence-corrected chi connectivity index (χ2v) is 2.96. The molecule has 1 aromatic carbocycles. The maximum Gasteiger partial charge on any atom is 0.348 e. The van der Waals surface area contributed by atoms with E-state index < -0.39 is 17.9 Å². The predicted octanol–water partition coefficient (Wildman–Crippen LogP) is 0.670. The molecule has 0 aliphatic heterocycles. The molecule has 16 heavy (non-hydrogen) atoms. The van der Waals surface area contributed by atoms with E-state index in [2.05, 4.69) is 4.74 Å². The number of anilines is 1. The lowest BCUT2D eigenvalue weighted by atomic mass is 10.1. The van der Waals surface area contributed by atoms with Gasteiger partial charge >= 0.3 is 17.9 Å². The molecule has 0 saturated carbocycles. The minimum atomic E-state index is -1.32. The number of hydrogen-bond acceptors (Lipinski definition) is 5. The molecule has 0 aliphatic rings. The van der Waals surface area contributed by atoms with Gasteiger partial charge in [-0.15, -0.1) is 0 Å². The Kier molecular flexibility index (Phi) is 3.24. The summed E-state index contributed by atoms with van der Waals surface area (Å²) >= 11 is 0. The molecule has 84 valence electrons. The van der Waals surface area contributed by atoms with Crippen molar-refractivity contribution in [2.45, 2.75) is 6.92 Å². The summed E-state index contributed by atoms with van der Waals surface area (Å²) in [4.78, 5) is 32.8. The third-order valence-corrected chi connectivity index (χ3v) is 1.77. The number of carboxylic acids is 1. The Bertz CT molecular complexity index is 466. The van der Waals surface area contributed by atoms with Gasteiger partial charge in [-0.25, -0.2) is 9.59 Å². The van der Waals surface area contributed by atoms with Crippen molar-refractivity contribution in [3.05, 3.63) is 29.3 Å². The Balaban J connectivity index is 3.25. The molecular weight excluding hydrogens is 214 g/mol. The maximum absolute atomic E-state index is 11.4. The van der Waals surface area contributed by atoms with Crippen LogP contribution in [0.1, 0.15) is 27.6 Å². The Morgan fingerprint density at radius 3 is 2.44 bits per heavy atom. The average Bonchev–Trinajstić information content (AvgIpc) is 2.15. The highest BCUT2D eigenvalue weighted by Gasteiger charge is 2.21. The van der Waals surface area contributed by atoms with Gasteiger partial charge in [-0.05, 0) is 12.1 Å². The molecule has 0 spiro atoms. The number of carboxylic acid groups (broad SMARTS) is 1. The van der Waals surface area contributed by atoms with Crippen LogP contribution in [0.15, 0.2) is 18.2 Å². The first-order chi connectivity index (χ1) is 7.43. The summed E-state index contributed by atoms with van der Waals surface area (Å²) in [5.74, 6) is -3.21. The molecule has 0 fully saturated rings. The normalized spacial score (nSPS) is 9.56. The zero-order valence-corrected chi connectivity index (χ0v) is 8.39. The molecule has 1 rings (SSSR count). The van der Waals surface area contributed by atoms with Crippen LogP contribution in [-0.2, 0) is 9.53 Å². The predicted molar refractivity (Wildman–Crippen MR) is 53.9 cm³/mol. The summed E-state index contributed by atoms with van der Waals surface area (Å²) in [7, 11) is 0. The fourth-order valence-corrected chi connectivity index (χ4v) is 1.16. The average molecular weight is 223 g/mol. The lowest BCUT2D eigenvalue weighted by Gasteiger charge is -2.06. The van der Waals surface area contributed by atoms with Crippen LogP contribution in [0.2, 0.25) is 0 Å². The van der Waals surface area contributed by atoms with Crippen LogP contribution in [0.25, 0.3) is 0 Å². The third kappa shape index (κ3) is 2.35. The van der Waals surface area contributed by atoms with E-state index in [1.54, 1.807) is 0 Å². The number of nitrogens with two attached hydrogens (primary N) is 1. The zero-order chi connectivity index (χ0) is 12.3. The van der Waals surface area contributed by atoms with Crippen molar-refractivity contribution >= 4 is 23.6 Å². The van der Waals surface area contributed by atoms with Crippen molar-refractivity contribution in [2.24, 2.45) is 0 Å². The number of hydrogen-bond donors (Lipinski definition) is 2. The van der Waals surface area contributed by atoms with Crippen LogP contribution in [0, 0.1) is 0 Å². The van der Waals surface area contributed by atoms with E-state index in [4.69, 9.17) is 10.8 Å². The number of ether oxygens (including phenoxy) is 1. The lowest BCUT2D eigenvalue weighted by molar-refractivity contribution is -0.135. The Hall–Kier alpha value is -2.37. The molecule has 6 heteroatoms. The Labute approximate surface area is 90.6 Å². The molecule has 0 unspecified atom stereocenters. The van der Waals surface area contributed by atoms with Gasteiger partial charge in [-0.1, -0.05) is 6.07 Å². The molecule has 0 heterocycles. The molecule has 6 nitrogen and oxygen atoms in total. The molecule has 0 amide bonds. The fourth-order valence-electron chi connectivity index (χ4n) is 1.16. The van der Waals surface area contributed by atoms with Crippen LogP contribution < -0.4 is 5.73 Å². The minimum absolute atomic E-state index is 0.0499. The molecule has 3 N–H and O–H groups in total. The zero-order valence-electron chi connectivity index (χ0n) is 8.39. The molecular formula is C10H9NO5. The van der Waals surface area contributed by atoms with Gasteiger partial charge in [0, 0.05) is 12.6 Å². The van der Waals surface area contributed by atoms with E-state index >= 15 is 0 Å². The van der Waals surface area contributed by atoms with Gasteiger partial charge in [0.25, 0.3) is 0 Å². The summed E-state index contributed by atoms with van der Waals surface area (Å²) in [6.45, 7) is 1.04. The second kappa shape index (κ2) is 4.43. The van der Waals surface area contributed by atoms with E-state index in [0.29, 0.717) is 0 Å². The van der Waals surface area contributed by atoms with Crippen LogP contribution in [0.4, 0.5) is 5.69 Å². The second-order valence-electron chi connectivity index (χ2n) is 2.96. The van der Waals surface area contributed by atoms with Crippen molar-refractivity contribution < 1.29 is 24.2 Å². The largest absolute Gasteiger partial charge is 0.478 e. The van der Waals surface area contributed by atoms with Crippen LogP contribution in [-0.4, -0.2) is 23.0 Å². The van der Waals surface area contributed by atoms with E-state index in [1.807, 2.05) is 0 Å². The van der Waals surface area contributed by atoms with Gasteiger partial charge in [-0.2, -0.15) is 0 Å². The van der Waals surface area contributed by atoms with E-state index in [1.165, 1.54) is 18.2 Å². The van der Waals surface area contributed by atoms with Crippen molar-refractivity contribution in [1.29, 1.82) is 0 Å². The van der Waals surface area contributed by atoms with E-state index in [0.717, 1.165) is 6.92 Å². The number of carbonyl (C=O) groups is 3. The van der Waals surface area contributed by atoms with Crippen LogP contribution >= 0.6 is 0 Å². The number of nitrogen functional groups attached to an aromatic ring is 1. The summed E-state index contributed by atoms with van der Waals surface area (Å²) in [5.41, 5.74) is 4.80. The third-order valence-electron chi connectivity index (χ3n) is 1.77. The molecule has 1 aromatic rings. The number of carbonyl (C=O) groups excluding carboxylic acids is 2. The topological polar surface area (TPSA) is 107 Å². The van der Waals surface area contributed by atoms with Gasteiger partial charge < -0.3 is 15.6 Å². The van der Waals surface area contributed by atoms with Crippen LogP contribution in [0.5, 0.6) is 0 Å². The van der Waals surface area contributed by atoms with Crippen molar-refractivity contribution in [3.63, 3.8) is 0 Å². The molecule has 0 aliphatic carbocycles. The van der Waals surface area contributed by atoms with E-state index in [9.17, 15) is 14.4 Å². The minimum Gasteiger partial charge on any atom is -0.478 e. The molecule has 0 bridgehead atoms. The van der Waals surface area contributed by atoms with Gasteiger partial charge in [0.15, 0.2) is 0 Å². The first-order valence-corrected chi connectivity index (χ1v) is 4.28. The smallest absolute Gasteiger partial charge is 0.348 e. The first-order valence-electron chi connectivity index (χ1n) is 4.28. The molecule has 0 atom stereocenters. The highest BCUT2D eigenvalue weighted by atomic mass is 16.6. The number of benzene rings is 1.